The molecule has 0 spiro atoms. The van der Waals surface area contributed by atoms with Gasteiger partial charge in [0.15, 0.2) is 0 Å². The summed E-state index contributed by atoms with van der Waals surface area (Å²) in [6.07, 6.45) is 2.06. The maximum absolute atomic E-state index is 13.5. The molecule has 2 aliphatic heterocycles. The van der Waals surface area contributed by atoms with Gasteiger partial charge in [-0.25, -0.2) is 22.5 Å². The summed E-state index contributed by atoms with van der Waals surface area (Å²) in [7, 11) is 0. The van der Waals surface area contributed by atoms with Crippen LogP contribution in [-0.4, -0.2) is 49.9 Å². The number of fused-ring (bicyclic) bond motifs is 1. The van der Waals surface area contributed by atoms with Gasteiger partial charge in [-0.2, -0.15) is 0 Å². The van der Waals surface area contributed by atoms with Crippen LogP contribution in [0.4, 0.5) is 40.6 Å². The SMILES string of the molecule is Cc1cc(NC(=O)c2ccc(N)cc2N2CCC3CC3C2)nc(N2CCC(F)(F)CC2)c1.FCF. The number of pyridine rings is 1. The van der Waals surface area contributed by atoms with E-state index in [-0.39, 0.29) is 31.8 Å². The summed E-state index contributed by atoms with van der Waals surface area (Å²) in [6, 6.07) is 9.05. The summed E-state index contributed by atoms with van der Waals surface area (Å²) in [6.45, 7) is 2.54. The Morgan fingerprint density at radius 2 is 1.83 bits per heavy atom. The second kappa shape index (κ2) is 10.3. The molecule has 3 N–H and O–H groups in total. The average Bonchev–Trinajstić information content (AvgIpc) is 3.58. The van der Waals surface area contributed by atoms with Gasteiger partial charge in [-0.05, 0) is 67.5 Å². The van der Waals surface area contributed by atoms with Gasteiger partial charge < -0.3 is 20.9 Å². The summed E-state index contributed by atoms with van der Waals surface area (Å²) in [5, 5.41) is 2.92. The number of nitrogens with one attached hydrogen (secondary N) is 1. The lowest BCUT2D eigenvalue weighted by molar-refractivity contribution is -0.0221. The summed E-state index contributed by atoms with van der Waals surface area (Å²) in [5.41, 5.74) is 9.02. The number of aromatic nitrogens is 1. The van der Waals surface area contributed by atoms with E-state index >= 15 is 0 Å². The first-order chi connectivity index (χ1) is 16.7. The minimum Gasteiger partial charge on any atom is -0.399 e. The fourth-order valence-electron chi connectivity index (χ4n) is 4.93. The smallest absolute Gasteiger partial charge is 0.258 e. The normalized spacial score (nSPS) is 22.5. The monoisotopic (exact) mass is 493 g/mol. The Hall–Kier alpha value is -3.04. The van der Waals surface area contributed by atoms with E-state index < -0.39 is 12.9 Å². The van der Waals surface area contributed by atoms with Crippen LogP contribution in [-0.2, 0) is 0 Å². The Balaban J connectivity index is 0.000000917. The van der Waals surface area contributed by atoms with E-state index in [4.69, 9.17) is 5.73 Å². The maximum atomic E-state index is 13.5. The van der Waals surface area contributed by atoms with Gasteiger partial charge in [-0.3, -0.25) is 4.79 Å². The number of amides is 1. The molecule has 0 bridgehead atoms. The summed E-state index contributed by atoms with van der Waals surface area (Å²) in [4.78, 5) is 21.9. The molecule has 2 saturated heterocycles. The number of anilines is 4. The lowest BCUT2D eigenvalue weighted by Gasteiger charge is -2.33. The number of nitrogens with two attached hydrogens (primary N) is 1. The Morgan fingerprint density at radius 3 is 2.51 bits per heavy atom. The first-order valence-corrected chi connectivity index (χ1v) is 11.9. The molecule has 5 rings (SSSR count). The second-order valence-corrected chi connectivity index (χ2v) is 9.55. The molecule has 2 unspecified atom stereocenters. The molecule has 1 amide bonds. The number of carbonyl (C=O) groups excluding carboxylic acids is 1. The number of nitrogens with zero attached hydrogens (tertiary/aromatic N) is 3. The highest BCUT2D eigenvalue weighted by atomic mass is 19.3. The highest BCUT2D eigenvalue weighted by Crippen LogP contribution is 2.46. The third-order valence-corrected chi connectivity index (χ3v) is 6.92. The zero-order valence-electron chi connectivity index (χ0n) is 19.7. The van der Waals surface area contributed by atoms with Crippen LogP contribution in [0.25, 0.3) is 0 Å². The van der Waals surface area contributed by atoms with Crippen LogP contribution >= 0.6 is 0 Å². The van der Waals surface area contributed by atoms with E-state index in [2.05, 4.69) is 15.2 Å². The predicted octanol–water partition coefficient (Wildman–Crippen LogP) is 5.19. The van der Waals surface area contributed by atoms with Crippen molar-refractivity contribution in [2.45, 2.75) is 38.5 Å². The maximum Gasteiger partial charge on any atom is 0.258 e. The number of piperidine rings is 2. The molecule has 2 atom stereocenters. The fourth-order valence-corrected chi connectivity index (χ4v) is 4.93. The van der Waals surface area contributed by atoms with Crippen LogP contribution < -0.4 is 20.9 Å². The fraction of sp³-hybridized carbons (Fsp3) is 0.520. The molecule has 1 saturated carbocycles. The molecule has 1 aromatic carbocycles. The van der Waals surface area contributed by atoms with Gasteiger partial charge >= 0.3 is 0 Å². The highest BCUT2D eigenvalue weighted by molar-refractivity contribution is 6.08. The van der Waals surface area contributed by atoms with Crippen molar-refractivity contribution >= 4 is 28.9 Å². The van der Waals surface area contributed by atoms with Crippen LogP contribution in [0.3, 0.4) is 0 Å². The zero-order valence-corrected chi connectivity index (χ0v) is 19.7. The number of alkyl halides is 4. The van der Waals surface area contributed by atoms with Crippen LogP contribution in [0.5, 0.6) is 0 Å². The van der Waals surface area contributed by atoms with E-state index in [0.29, 0.717) is 22.9 Å². The summed E-state index contributed by atoms with van der Waals surface area (Å²) in [5.74, 6) is -0.256. The number of hydrogen-bond donors (Lipinski definition) is 2. The van der Waals surface area contributed by atoms with E-state index in [1.54, 1.807) is 18.2 Å². The molecule has 3 heterocycles. The molecule has 6 nitrogen and oxygen atoms in total. The molecule has 1 aliphatic carbocycles. The number of halogens is 4. The Morgan fingerprint density at radius 1 is 1.11 bits per heavy atom. The van der Waals surface area contributed by atoms with Crippen molar-refractivity contribution in [2.24, 2.45) is 11.8 Å². The van der Waals surface area contributed by atoms with Gasteiger partial charge in [0.25, 0.3) is 11.8 Å². The molecule has 35 heavy (non-hydrogen) atoms. The molecule has 10 heteroatoms. The molecular formula is C25H31F4N5O. The minimum absolute atomic E-state index is 0.184. The quantitative estimate of drug-likeness (QED) is 0.453. The summed E-state index contributed by atoms with van der Waals surface area (Å²) < 4.78 is 46.3. The average molecular weight is 494 g/mol. The van der Waals surface area contributed by atoms with Gasteiger partial charge in [-0.15, -0.1) is 0 Å². The molecule has 2 aromatic rings. The molecule has 3 fully saturated rings. The number of carbonyl (C=O) groups is 1. The van der Waals surface area contributed by atoms with Crippen molar-refractivity contribution in [3.05, 3.63) is 41.5 Å². The van der Waals surface area contributed by atoms with E-state index in [9.17, 15) is 22.4 Å². The first-order valence-electron chi connectivity index (χ1n) is 11.9. The first kappa shape index (κ1) is 25.1. The molecule has 190 valence electrons. The van der Waals surface area contributed by atoms with Gasteiger partial charge in [0.2, 0.25) is 6.93 Å². The second-order valence-electron chi connectivity index (χ2n) is 9.55. The molecule has 0 radical (unpaired) electrons. The van der Waals surface area contributed by atoms with Crippen molar-refractivity contribution in [2.75, 3.05) is 54.0 Å². The predicted molar refractivity (Wildman–Crippen MR) is 130 cm³/mol. The van der Waals surface area contributed by atoms with Crippen molar-refractivity contribution in [3.8, 4) is 0 Å². The number of benzene rings is 1. The van der Waals surface area contributed by atoms with Gasteiger partial charge in [0.1, 0.15) is 11.6 Å². The lowest BCUT2D eigenvalue weighted by Crippen LogP contribution is -2.39. The molecule has 1 aromatic heterocycles. The number of nitrogen functional groups attached to an aromatic ring is 1. The number of aryl methyl sites for hydroxylation is 1. The number of rotatable bonds is 4. The van der Waals surface area contributed by atoms with Crippen LogP contribution in [0.1, 0.15) is 41.6 Å². The minimum atomic E-state index is -2.61. The Labute approximate surface area is 202 Å². The van der Waals surface area contributed by atoms with Gasteiger partial charge in [-0.1, -0.05) is 0 Å². The Kier molecular flexibility index (Phi) is 7.37. The van der Waals surface area contributed by atoms with Crippen LogP contribution in [0, 0.1) is 18.8 Å². The van der Waals surface area contributed by atoms with Crippen molar-refractivity contribution in [1.82, 2.24) is 4.98 Å². The van der Waals surface area contributed by atoms with Crippen molar-refractivity contribution in [3.63, 3.8) is 0 Å². The lowest BCUT2D eigenvalue weighted by atomic mass is 10.1. The summed E-state index contributed by atoms with van der Waals surface area (Å²) >= 11 is 0. The standard InChI is InChI=1S/C24H29F2N5O.CH2F2/c1-15-10-21(28-22(11-15)30-8-5-24(25,26)6-9-30)29-23(32)19-3-2-18(27)13-20(19)31-7-4-16-12-17(16)14-31;2-1-3/h2-3,10-11,13,16-17H,4-9,12,14,27H2,1H3,(H,28,29,32);1H2. The van der Waals surface area contributed by atoms with Crippen molar-refractivity contribution in [1.29, 1.82) is 0 Å². The van der Waals surface area contributed by atoms with Crippen LogP contribution in [0.15, 0.2) is 30.3 Å². The van der Waals surface area contributed by atoms with E-state index in [0.717, 1.165) is 42.6 Å². The number of hydrogen-bond acceptors (Lipinski definition) is 5. The Bertz CT molecular complexity index is 1060. The van der Waals surface area contributed by atoms with Gasteiger partial charge in [0, 0.05) is 44.7 Å². The molecular weight excluding hydrogens is 462 g/mol. The largest absolute Gasteiger partial charge is 0.399 e. The van der Waals surface area contributed by atoms with Crippen LogP contribution in [0.2, 0.25) is 0 Å². The van der Waals surface area contributed by atoms with E-state index in [1.165, 1.54) is 6.42 Å². The topological polar surface area (TPSA) is 74.5 Å². The van der Waals surface area contributed by atoms with Gasteiger partial charge in [0.05, 0.1) is 11.3 Å². The molecule has 3 aliphatic rings. The highest BCUT2D eigenvalue weighted by Gasteiger charge is 2.42. The zero-order chi connectivity index (χ0) is 25.2. The van der Waals surface area contributed by atoms with Crippen molar-refractivity contribution < 1.29 is 22.4 Å². The third kappa shape index (κ3) is 6.15. The third-order valence-electron chi connectivity index (χ3n) is 6.92. The van der Waals surface area contributed by atoms with E-state index in [1.807, 2.05) is 24.0 Å².